The first kappa shape index (κ1) is 20.0. The molecule has 1 saturated heterocycles. The van der Waals surface area contributed by atoms with E-state index in [9.17, 15) is 4.79 Å². The van der Waals surface area contributed by atoms with E-state index in [1.807, 2.05) is 24.3 Å². The van der Waals surface area contributed by atoms with Gasteiger partial charge in [-0.1, -0.05) is 30.7 Å². The largest absolute Gasteiger partial charge is 0.475 e. The molecule has 0 N–H and O–H groups in total. The van der Waals surface area contributed by atoms with Crippen LogP contribution in [0, 0.1) is 0 Å². The molecule has 29 heavy (non-hydrogen) atoms. The minimum Gasteiger partial charge on any atom is -0.475 e. The molecule has 3 aromatic rings. The van der Waals surface area contributed by atoms with Crippen LogP contribution in [0.2, 0.25) is 5.02 Å². The molecule has 2 aromatic carbocycles. The molecule has 0 amide bonds. The van der Waals surface area contributed by atoms with Crippen molar-refractivity contribution in [2.45, 2.75) is 26.1 Å². The van der Waals surface area contributed by atoms with Gasteiger partial charge < -0.3 is 9.15 Å². The van der Waals surface area contributed by atoms with Crippen molar-refractivity contribution < 1.29 is 9.15 Å². The lowest BCUT2D eigenvalue weighted by Crippen LogP contribution is -2.51. The lowest BCUT2D eigenvalue weighted by Gasteiger charge is -2.38. The second-order valence-electron chi connectivity index (χ2n) is 7.37. The van der Waals surface area contributed by atoms with Gasteiger partial charge in [0.05, 0.1) is 0 Å². The quantitative estimate of drug-likeness (QED) is 0.562. The molecule has 5 nitrogen and oxygen atoms in total. The third-order valence-corrected chi connectivity index (χ3v) is 5.60. The molecule has 1 aliphatic heterocycles. The Morgan fingerprint density at radius 1 is 1.03 bits per heavy atom. The van der Waals surface area contributed by atoms with Crippen LogP contribution < -0.4 is 10.4 Å². The van der Waals surface area contributed by atoms with E-state index in [0.29, 0.717) is 5.58 Å². The summed E-state index contributed by atoms with van der Waals surface area (Å²) < 4.78 is 11.5. The molecule has 4 rings (SSSR count). The van der Waals surface area contributed by atoms with Gasteiger partial charge in [0, 0.05) is 55.3 Å². The van der Waals surface area contributed by atoms with Crippen LogP contribution >= 0.6 is 11.6 Å². The molecule has 2 heterocycles. The topological polar surface area (TPSA) is 45.9 Å². The third kappa shape index (κ3) is 4.99. The Morgan fingerprint density at radius 2 is 1.76 bits per heavy atom. The zero-order valence-corrected chi connectivity index (χ0v) is 17.3. The lowest BCUT2D eigenvalue weighted by atomic mass is 10.2. The molecule has 1 unspecified atom stereocenters. The molecule has 1 atom stereocenters. The van der Waals surface area contributed by atoms with Crippen molar-refractivity contribution in [2.24, 2.45) is 0 Å². The molecule has 1 aliphatic rings. The van der Waals surface area contributed by atoms with E-state index in [-0.39, 0.29) is 11.9 Å². The van der Waals surface area contributed by atoms with Crippen molar-refractivity contribution >= 4 is 22.6 Å². The molecule has 0 radical (unpaired) electrons. The van der Waals surface area contributed by atoms with Crippen LogP contribution in [0.5, 0.6) is 5.75 Å². The Morgan fingerprint density at radius 3 is 2.48 bits per heavy atom. The van der Waals surface area contributed by atoms with E-state index >= 15 is 0 Å². The summed E-state index contributed by atoms with van der Waals surface area (Å²) in [6, 6.07) is 16.9. The molecular weight excluding hydrogens is 388 g/mol. The van der Waals surface area contributed by atoms with Crippen LogP contribution in [0.4, 0.5) is 0 Å². The molecule has 152 valence electrons. The van der Waals surface area contributed by atoms with Crippen molar-refractivity contribution in [3.63, 3.8) is 0 Å². The van der Waals surface area contributed by atoms with Gasteiger partial charge >= 0.3 is 5.63 Å². The summed E-state index contributed by atoms with van der Waals surface area (Å²) in [6.07, 6.45) is 0.883. The summed E-state index contributed by atoms with van der Waals surface area (Å²) in [5.41, 5.74) is 1.49. The predicted molar refractivity (Wildman–Crippen MR) is 115 cm³/mol. The van der Waals surface area contributed by atoms with Crippen LogP contribution in [-0.2, 0) is 6.54 Å². The van der Waals surface area contributed by atoms with Gasteiger partial charge in [0.25, 0.3) is 0 Å². The first-order valence-corrected chi connectivity index (χ1v) is 10.4. The Kier molecular flexibility index (Phi) is 6.19. The van der Waals surface area contributed by atoms with Crippen molar-refractivity contribution in [3.8, 4) is 5.75 Å². The molecule has 0 bridgehead atoms. The Balaban J connectivity index is 1.36. The van der Waals surface area contributed by atoms with Crippen molar-refractivity contribution in [3.05, 3.63) is 75.6 Å². The second-order valence-corrected chi connectivity index (χ2v) is 7.81. The molecular formula is C23H25ClN2O3. The molecule has 6 heteroatoms. The van der Waals surface area contributed by atoms with Gasteiger partial charge in [-0.25, -0.2) is 4.79 Å². The number of halogens is 1. The first-order valence-electron chi connectivity index (χ1n) is 10.0. The number of ether oxygens (including phenoxy) is 1. The average Bonchev–Trinajstić information content (AvgIpc) is 2.74. The van der Waals surface area contributed by atoms with Crippen LogP contribution in [0.25, 0.3) is 11.0 Å². The van der Waals surface area contributed by atoms with Gasteiger partial charge in [-0.05, 0) is 42.3 Å². The van der Waals surface area contributed by atoms with Crippen molar-refractivity contribution in [2.75, 3.05) is 26.2 Å². The zero-order chi connectivity index (χ0) is 20.2. The monoisotopic (exact) mass is 412 g/mol. The number of piperazine rings is 1. The lowest BCUT2D eigenvalue weighted by molar-refractivity contribution is -0.0113. The fraction of sp³-hybridized carbons (Fsp3) is 0.348. The maximum absolute atomic E-state index is 11.5. The van der Waals surface area contributed by atoms with Crippen molar-refractivity contribution in [1.82, 2.24) is 9.80 Å². The van der Waals surface area contributed by atoms with E-state index in [0.717, 1.165) is 55.3 Å². The smallest absolute Gasteiger partial charge is 0.336 e. The Bertz CT molecular complexity index is 1010. The SMILES string of the molecule is CCC(Oc1ccc2ccc(=O)oc2c1)N1CCN(Cc2ccc(Cl)cc2)CC1. The highest BCUT2D eigenvalue weighted by atomic mass is 35.5. The standard InChI is InChI=1S/C23H25ClN2O3/c1-2-22(28-20-9-5-18-6-10-23(27)29-21(18)15-20)26-13-11-25(12-14-26)16-17-3-7-19(24)8-4-17/h3-10,15,22H,2,11-14,16H2,1H3. The minimum atomic E-state index is -0.349. The van der Waals surface area contributed by atoms with E-state index in [2.05, 4.69) is 28.9 Å². The molecule has 0 spiro atoms. The number of benzene rings is 2. The van der Waals surface area contributed by atoms with Crippen LogP contribution in [0.1, 0.15) is 18.9 Å². The summed E-state index contributed by atoms with van der Waals surface area (Å²) in [6.45, 7) is 6.96. The first-order chi connectivity index (χ1) is 14.1. The van der Waals surface area contributed by atoms with Crippen molar-refractivity contribution in [1.29, 1.82) is 0 Å². The van der Waals surface area contributed by atoms with Crippen LogP contribution in [0.3, 0.4) is 0 Å². The number of fused-ring (bicyclic) bond motifs is 1. The molecule has 1 fully saturated rings. The molecule has 0 aliphatic carbocycles. The van der Waals surface area contributed by atoms with Gasteiger partial charge in [0.1, 0.15) is 11.3 Å². The summed E-state index contributed by atoms with van der Waals surface area (Å²) in [4.78, 5) is 16.3. The van der Waals surface area contributed by atoms with Crippen LogP contribution in [-0.4, -0.2) is 42.2 Å². The summed E-state index contributed by atoms with van der Waals surface area (Å²) in [5.74, 6) is 0.724. The summed E-state index contributed by atoms with van der Waals surface area (Å²) in [5, 5.41) is 1.66. The predicted octanol–water partition coefficient (Wildman–Crippen LogP) is 4.38. The van der Waals surface area contributed by atoms with Gasteiger partial charge in [-0.15, -0.1) is 0 Å². The fourth-order valence-corrected chi connectivity index (χ4v) is 3.87. The Labute approximate surface area is 175 Å². The maximum Gasteiger partial charge on any atom is 0.336 e. The zero-order valence-electron chi connectivity index (χ0n) is 16.5. The van der Waals surface area contributed by atoms with E-state index in [4.69, 9.17) is 20.8 Å². The summed E-state index contributed by atoms with van der Waals surface area (Å²) in [7, 11) is 0. The number of rotatable bonds is 6. The average molecular weight is 413 g/mol. The van der Waals surface area contributed by atoms with Gasteiger partial charge in [0.2, 0.25) is 0 Å². The minimum absolute atomic E-state index is 0.000524. The highest BCUT2D eigenvalue weighted by Gasteiger charge is 2.24. The van der Waals surface area contributed by atoms with E-state index in [1.165, 1.54) is 11.6 Å². The maximum atomic E-state index is 11.5. The Hall–Kier alpha value is -2.34. The van der Waals surface area contributed by atoms with Gasteiger partial charge in [-0.3, -0.25) is 9.80 Å². The molecule has 0 saturated carbocycles. The van der Waals surface area contributed by atoms with Crippen LogP contribution in [0.15, 0.2) is 63.8 Å². The third-order valence-electron chi connectivity index (χ3n) is 5.35. The van der Waals surface area contributed by atoms with Gasteiger partial charge in [-0.2, -0.15) is 0 Å². The van der Waals surface area contributed by atoms with E-state index in [1.54, 1.807) is 12.1 Å². The number of nitrogens with zero attached hydrogens (tertiary/aromatic N) is 2. The van der Waals surface area contributed by atoms with Gasteiger partial charge in [0.15, 0.2) is 6.23 Å². The number of hydrogen-bond donors (Lipinski definition) is 0. The number of hydrogen-bond acceptors (Lipinski definition) is 5. The molecule has 1 aromatic heterocycles. The second kappa shape index (κ2) is 8.99. The normalized spacial score (nSPS) is 16.8. The van der Waals surface area contributed by atoms with E-state index < -0.39 is 0 Å². The highest BCUT2D eigenvalue weighted by molar-refractivity contribution is 6.30. The fourth-order valence-electron chi connectivity index (χ4n) is 3.74. The highest BCUT2D eigenvalue weighted by Crippen LogP contribution is 2.23. The summed E-state index contributed by atoms with van der Waals surface area (Å²) >= 11 is 5.98.